The molecular formula is C22H19NO2. The number of hydrogen-bond donors (Lipinski definition) is 1. The molecule has 0 fully saturated rings. The van der Waals surface area contributed by atoms with Gasteiger partial charge in [0.1, 0.15) is 6.54 Å². The van der Waals surface area contributed by atoms with Crippen LogP contribution in [-0.4, -0.2) is 5.97 Å². The lowest BCUT2D eigenvalue weighted by Gasteiger charge is -2.03. The number of carboxylic acids is 1. The molecule has 4 rings (SSSR count). The van der Waals surface area contributed by atoms with Gasteiger partial charge in [-0.3, -0.25) is 0 Å². The molecule has 0 saturated heterocycles. The van der Waals surface area contributed by atoms with Crippen LogP contribution in [0.1, 0.15) is 15.9 Å². The van der Waals surface area contributed by atoms with E-state index in [1.807, 2.05) is 24.3 Å². The van der Waals surface area contributed by atoms with Crippen LogP contribution in [0.4, 0.5) is 0 Å². The maximum absolute atomic E-state index is 10.5. The second-order valence-electron chi connectivity index (χ2n) is 5.74. The van der Waals surface area contributed by atoms with Gasteiger partial charge in [-0.25, -0.2) is 0 Å². The number of carbonyl (C=O) groups excluding carboxylic acids is 1. The lowest BCUT2D eigenvalue weighted by molar-refractivity contribution is -0.386. The Balaban J connectivity index is 0.000000146. The van der Waals surface area contributed by atoms with Crippen LogP contribution in [0, 0.1) is 0 Å². The van der Waals surface area contributed by atoms with Gasteiger partial charge in [0.15, 0.2) is 0 Å². The molecule has 0 spiro atoms. The highest BCUT2D eigenvalue weighted by Gasteiger charge is 1.97. The first kappa shape index (κ1) is 16.7. The van der Waals surface area contributed by atoms with Crippen LogP contribution in [0.3, 0.4) is 0 Å². The van der Waals surface area contributed by atoms with Crippen molar-refractivity contribution in [2.24, 2.45) is 0 Å². The Morgan fingerprint density at radius 3 is 2.12 bits per heavy atom. The SMILES string of the molecule is O=C([O-])c1ccc2ccccc2c1.[NH3+]Cc1cccc2ccccc12. The second-order valence-corrected chi connectivity index (χ2v) is 5.74. The van der Waals surface area contributed by atoms with E-state index in [1.54, 1.807) is 18.2 Å². The summed E-state index contributed by atoms with van der Waals surface area (Å²) in [5.41, 5.74) is 5.45. The average molecular weight is 329 g/mol. The van der Waals surface area contributed by atoms with E-state index in [0.29, 0.717) is 0 Å². The smallest absolute Gasteiger partial charge is 0.100 e. The van der Waals surface area contributed by atoms with Crippen LogP contribution in [0.25, 0.3) is 21.5 Å². The van der Waals surface area contributed by atoms with E-state index in [0.717, 1.165) is 17.3 Å². The minimum absolute atomic E-state index is 0.221. The van der Waals surface area contributed by atoms with Gasteiger partial charge in [0, 0.05) is 5.56 Å². The molecule has 3 N–H and O–H groups in total. The van der Waals surface area contributed by atoms with E-state index in [9.17, 15) is 9.90 Å². The van der Waals surface area contributed by atoms with Gasteiger partial charge < -0.3 is 15.6 Å². The van der Waals surface area contributed by atoms with Crippen LogP contribution in [0.5, 0.6) is 0 Å². The molecule has 3 heteroatoms. The van der Waals surface area contributed by atoms with Crippen molar-refractivity contribution in [3.63, 3.8) is 0 Å². The number of quaternary nitrogens is 1. The minimum atomic E-state index is -1.13. The third-order valence-corrected chi connectivity index (χ3v) is 4.13. The molecule has 0 amide bonds. The summed E-state index contributed by atoms with van der Waals surface area (Å²) < 4.78 is 0. The molecule has 0 bridgehead atoms. The van der Waals surface area contributed by atoms with Crippen molar-refractivity contribution in [3.8, 4) is 0 Å². The third kappa shape index (κ3) is 3.84. The van der Waals surface area contributed by atoms with Crippen molar-refractivity contribution in [1.29, 1.82) is 0 Å². The van der Waals surface area contributed by atoms with Crippen molar-refractivity contribution < 1.29 is 15.6 Å². The van der Waals surface area contributed by atoms with Gasteiger partial charge in [-0.2, -0.15) is 0 Å². The Kier molecular flexibility index (Phi) is 5.07. The first-order valence-electron chi connectivity index (χ1n) is 8.15. The highest BCUT2D eigenvalue weighted by Crippen LogP contribution is 2.17. The predicted octanol–water partition coefficient (Wildman–Crippen LogP) is 2.79. The van der Waals surface area contributed by atoms with Crippen LogP contribution in [-0.2, 0) is 6.54 Å². The fourth-order valence-electron chi connectivity index (χ4n) is 2.83. The van der Waals surface area contributed by atoms with Gasteiger partial charge in [-0.05, 0) is 33.2 Å². The molecule has 25 heavy (non-hydrogen) atoms. The van der Waals surface area contributed by atoms with Crippen molar-refractivity contribution in [3.05, 3.63) is 96.1 Å². The summed E-state index contributed by atoms with van der Waals surface area (Å²) >= 11 is 0. The summed E-state index contributed by atoms with van der Waals surface area (Å²) in [5.74, 6) is -1.13. The number of fused-ring (bicyclic) bond motifs is 2. The lowest BCUT2D eigenvalue weighted by Crippen LogP contribution is -2.47. The summed E-state index contributed by atoms with van der Waals surface area (Å²) in [6.07, 6.45) is 0. The van der Waals surface area contributed by atoms with E-state index in [-0.39, 0.29) is 5.56 Å². The number of benzene rings is 4. The molecule has 0 unspecified atom stereocenters. The maximum atomic E-state index is 10.5. The van der Waals surface area contributed by atoms with Gasteiger partial charge in [-0.1, -0.05) is 78.9 Å². The van der Waals surface area contributed by atoms with Crippen molar-refractivity contribution in [1.82, 2.24) is 0 Å². The Morgan fingerprint density at radius 2 is 1.40 bits per heavy atom. The standard InChI is InChI=1S/C11H11N.C11H8O2/c12-8-10-6-3-5-9-4-1-2-7-11(9)10;12-11(13)10-6-5-8-3-1-2-4-9(8)7-10/h1-7H,8,12H2;1-7H,(H,12,13). The Hall–Kier alpha value is -3.17. The molecular weight excluding hydrogens is 310 g/mol. The number of aromatic carboxylic acids is 1. The minimum Gasteiger partial charge on any atom is -0.545 e. The summed E-state index contributed by atoms with van der Waals surface area (Å²) in [4.78, 5) is 10.5. The molecule has 0 heterocycles. The Labute approximate surface area is 146 Å². The first-order chi connectivity index (χ1) is 12.2. The zero-order valence-corrected chi connectivity index (χ0v) is 13.8. The molecule has 3 nitrogen and oxygen atoms in total. The highest BCUT2D eigenvalue weighted by atomic mass is 16.4. The summed E-state index contributed by atoms with van der Waals surface area (Å²) in [6, 6.07) is 27.3. The van der Waals surface area contributed by atoms with E-state index in [1.165, 1.54) is 16.3 Å². The molecule has 4 aromatic carbocycles. The monoisotopic (exact) mass is 329 g/mol. The van der Waals surface area contributed by atoms with Gasteiger partial charge in [0.25, 0.3) is 0 Å². The quantitative estimate of drug-likeness (QED) is 0.614. The molecule has 4 aromatic rings. The van der Waals surface area contributed by atoms with Crippen LogP contribution in [0.15, 0.2) is 84.9 Å². The number of hydrogen-bond acceptors (Lipinski definition) is 2. The van der Waals surface area contributed by atoms with E-state index >= 15 is 0 Å². The zero-order chi connectivity index (χ0) is 17.6. The molecule has 0 aliphatic carbocycles. The molecule has 124 valence electrons. The first-order valence-corrected chi connectivity index (χ1v) is 8.15. The molecule has 0 atom stereocenters. The molecule has 0 radical (unpaired) electrons. The van der Waals surface area contributed by atoms with Gasteiger partial charge in [-0.15, -0.1) is 0 Å². The Bertz CT molecular complexity index is 1020. The number of carboxylic acid groups (broad SMARTS) is 1. The molecule has 0 saturated carbocycles. The molecule has 0 aliphatic heterocycles. The fourth-order valence-corrected chi connectivity index (χ4v) is 2.83. The van der Waals surface area contributed by atoms with Gasteiger partial charge in [0.05, 0.1) is 5.97 Å². The lowest BCUT2D eigenvalue weighted by atomic mass is 10.1. The summed E-state index contributed by atoms with van der Waals surface area (Å²) in [5, 5.41) is 15.1. The normalized spacial score (nSPS) is 10.3. The van der Waals surface area contributed by atoms with E-state index in [2.05, 4.69) is 48.2 Å². The fraction of sp³-hybridized carbons (Fsp3) is 0.0455. The van der Waals surface area contributed by atoms with Crippen molar-refractivity contribution >= 4 is 27.5 Å². The number of rotatable bonds is 2. The van der Waals surface area contributed by atoms with Gasteiger partial charge >= 0.3 is 0 Å². The molecule has 0 aliphatic rings. The third-order valence-electron chi connectivity index (χ3n) is 4.13. The zero-order valence-electron chi connectivity index (χ0n) is 13.8. The summed E-state index contributed by atoms with van der Waals surface area (Å²) in [6.45, 7) is 0.862. The van der Waals surface area contributed by atoms with Crippen molar-refractivity contribution in [2.75, 3.05) is 0 Å². The maximum Gasteiger partial charge on any atom is 0.100 e. The van der Waals surface area contributed by atoms with E-state index < -0.39 is 5.97 Å². The predicted molar refractivity (Wildman–Crippen MR) is 98.8 cm³/mol. The summed E-state index contributed by atoms with van der Waals surface area (Å²) in [7, 11) is 0. The van der Waals surface area contributed by atoms with Gasteiger partial charge in [0.2, 0.25) is 0 Å². The highest BCUT2D eigenvalue weighted by molar-refractivity contribution is 5.93. The number of carbonyl (C=O) groups is 1. The van der Waals surface area contributed by atoms with Crippen LogP contribution in [0.2, 0.25) is 0 Å². The second kappa shape index (κ2) is 7.60. The molecule has 0 aromatic heterocycles. The average Bonchev–Trinajstić information content (AvgIpc) is 2.67. The van der Waals surface area contributed by atoms with Crippen LogP contribution < -0.4 is 10.8 Å². The Morgan fingerprint density at radius 1 is 0.760 bits per heavy atom. The van der Waals surface area contributed by atoms with E-state index in [4.69, 9.17) is 0 Å². The topological polar surface area (TPSA) is 67.8 Å². The largest absolute Gasteiger partial charge is 0.545 e. The van der Waals surface area contributed by atoms with Crippen molar-refractivity contribution in [2.45, 2.75) is 6.54 Å². The van der Waals surface area contributed by atoms with Crippen LogP contribution >= 0.6 is 0 Å².